The quantitative estimate of drug-likeness (QED) is 0.763. The molecule has 0 saturated heterocycles. The molecule has 1 aromatic carbocycles. The predicted octanol–water partition coefficient (Wildman–Crippen LogP) is 4.06. The Kier molecular flexibility index (Phi) is 6.14. The highest BCUT2D eigenvalue weighted by atomic mass is 79.9. The van der Waals surface area contributed by atoms with Gasteiger partial charge in [-0.05, 0) is 36.7 Å². The van der Waals surface area contributed by atoms with Crippen LogP contribution in [0.2, 0.25) is 0 Å². The van der Waals surface area contributed by atoms with Gasteiger partial charge in [0, 0.05) is 22.8 Å². The van der Waals surface area contributed by atoms with E-state index < -0.39 is 5.82 Å². The zero-order valence-corrected chi connectivity index (χ0v) is 13.5. The van der Waals surface area contributed by atoms with Crippen molar-refractivity contribution in [1.29, 1.82) is 0 Å². The third kappa shape index (κ3) is 4.79. The van der Waals surface area contributed by atoms with E-state index in [4.69, 9.17) is 4.74 Å². The van der Waals surface area contributed by atoms with E-state index in [1.54, 1.807) is 12.3 Å². The number of rotatable bonds is 7. The van der Waals surface area contributed by atoms with E-state index in [0.29, 0.717) is 18.7 Å². The number of benzene rings is 1. The summed E-state index contributed by atoms with van der Waals surface area (Å²) in [5.41, 5.74) is 1.54. The first kappa shape index (κ1) is 15.9. The number of aromatic nitrogens is 1. The highest BCUT2D eigenvalue weighted by Crippen LogP contribution is 2.19. The highest BCUT2D eigenvalue weighted by molar-refractivity contribution is 9.10. The van der Waals surface area contributed by atoms with E-state index in [-0.39, 0.29) is 5.88 Å². The zero-order chi connectivity index (χ0) is 15.1. The number of nitrogens with zero attached hydrogens (tertiary/aromatic N) is 1. The van der Waals surface area contributed by atoms with Crippen molar-refractivity contribution in [3.63, 3.8) is 0 Å². The Morgan fingerprint density at radius 2 is 2.00 bits per heavy atom. The molecule has 3 nitrogen and oxygen atoms in total. The molecule has 0 aliphatic heterocycles. The second-order valence-corrected chi connectivity index (χ2v) is 5.60. The first-order valence-corrected chi connectivity index (χ1v) is 7.71. The van der Waals surface area contributed by atoms with Crippen LogP contribution in [-0.2, 0) is 13.2 Å². The Balaban J connectivity index is 1.99. The molecule has 1 aromatic heterocycles. The predicted molar refractivity (Wildman–Crippen MR) is 84.7 cm³/mol. The number of hydrogen-bond donors (Lipinski definition) is 1. The van der Waals surface area contributed by atoms with Crippen LogP contribution >= 0.6 is 15.9 Å². The van der Waals surface area contributed by atoms with Gasteiger partial charge in [-0.3, -0.25) is 0 Å². The number of ether oxygens (including phenoxy) is 1. The van der Waals surface area contributed by atoms with Crippen LogP contribution in [0.4, 0.5) is 4.39 Å². The molecule has 0 amide bonds. The average molecular weight is 353 g/mol. The van der Waals surface area contributed by atoms with Gasteiger partial charge in [-0.1, -0.05) is 35.0 Å². The molecule has 0 fully saturated rings. The minimum atomic E-state index is -0.391. The smallest absolute Gasteiger partial charge is 0.251 e. The van der Waals surface area contributed by atoms with E-state index >= 15 is 0 Å². The summed E-state index contributed by atoms with van der Waals surface area (Å²) in [4.78, 5) is 3.97. The topological polar surface area (TPSA) is 34.2 Å². The molecule has 0 spiro atoms. The van der Waals surface area contributed by atoms with Crippen LogP contribution in [0.25, 0.3) is 0 Å². The molecule has 2 aromatic rings. The van der Waals surface area contributed by atoms with Crippen molar-refractivity contribution in [2.45, 2.75) is 26.5 Å². The molecule has 0 radical (unpaired) electrons. The maximum Gasteiger partial charge on any atom is 0.251 e. The second kappa shape index (κ2) is 8.10. The van der Waals surface area contributed by atoms with Crippen LogP contribution < -0.4 is 10.1 Å². The van der Waals surface area contributed by atoms with Crippen LogP contribution in [0.1, 0.15) is 24.5 Å². The largest absolute Gasteiger partial charge is 0.471 e. The summed E-state index contributed by atoms with van der Waals surface area (Å²) in [5, 5.41) is 3.17. The summed E-state index contributed by atoms with van der Waals surface area (Å²) in [7, 11) is 0. The highest BCUT2D eigenvalue weighted by Gasteiger charge is 2.10. The van der Waals surface area contributed by atoms with Gasteiger partial charge >= 0.3 is 0 Å². The van der Waals surface area contributed by atoms with Crippen LogP contribution in [0, 0.1) is 5.82 Å². The Morgan fingerprint density at radius 1 is 1.24 bits per heavy atom. The second-order valence-electron chi connectivity index (χ2n) is 4.68. The minimum Gasteiger partial charge on any atom is -0.471 e. The molecular weight excluding hydrogens is 335 g/mol. The van der Waals surface area contributed by atoms with Crippen molar-refractivity contribution in [1.82, 2.24) is 10.3 Å². The van der Waals surface area contributed by atoms with Crippen LogP contribution in [0.3, 0.4) is 0 Å². The fourth-order valence-electron chi connectivity index (χ4n) is 1.83. The Bertz CT molecular complexity index is 575. The summed E-state index contributed by atoms with van der Waals surface area (Å²) in [6, 6.07) is 9.37. The summed E-state index contributed by atoms with van der Waals surface area (Å²) < 4.78 is 20.7. The van der Waals surface area contributed by atoms with Crippen molar-refractivity contribution in [2.75, 3.05) is 6.54 Å². The van der Waals surface area contributed by atoms with Crippen LogP contribution in [0.5, 0.6) is 5.88 Å². The van der Waals surface area contributed by atoms with Gasteiger partial charge in [0.2, 0.25) is 0 Å². The Morgan fingerprint density at radius 3 is 2.71 bits per heavy atom. The SMILES string of the molecule is CCCNCc1ccnc(OCc2ccc(Br)cc2)c1F. The zero-order valence-electron chi connectivity index (χ0n) is 11.9. The molecule has 0 aliphatic rings. The van der Waals surface area contributed by atoms with Gasteiger partial charge in [-0.25, -0.2) is 9.37 Å². The van der Waals surface area contributed by atoms with E-state index in [9.17, 15) is 4.39 Å². The van der Waals surface area contributed by atoms with Gasteiger partial charge in [0.25, 0.3) is 5.88 Å². The lowest BCUT2D eigenvalue weighted by Gasteiger charge is -2.10. The van der Waals surface area contributed by atoms with Gasteiger partial charge in [0.15, 0.2) is 5.82 Å². The van der Waals surface area contributed by atoms with Gasteiger partial charge in [-0.15, -0.1) is 0 Å². The van der Waals surface area contributed by atoms with E-state index in [0.717, 1.165) is 23.0 Å². The summed E-state index contributed by atoms with van der Waals surface area (Å²) >= 11 is 3.37. The van der Waals surface area contributed by atoms with Gasteiger partial charge < -0.3 is 10.1 Å². The molecule has 2 rings (SSSR count). The summed E-state index contributed by atoms with van der Waals surface area (Å²) in [6.07, 6.45) is 2.59. The molecule has 0 saturated carbocycles. The molecule has 1 N–H and O–H groups in total. The summed E-state index contributed by atoms with van der Waals surface area (Å²) in [6.45, 7) is 3.71. The van der Waals surface area contributed by atoms with Gasteiger partial charge in [-0.2, -0.15) is 0 Å². The third-order valence-electron chi connectivity index (χ3n) is 2.97. The average Bonchev–Trinajstić information content (AvgIpc) is 2.49. The first-order valence-electron chi connectivity index (χ1n) is 6.92. The molecule has 5 heteroatoms. The number of halogens is 2. The third-order valence-corrected chi connectivity index (χ3v) is 3.50. The first-order chi connectivity index (χ1) is 10.2. The standard InChI is InChI=1S/C16H18BrFN2O/c1-2-8-19-10-13-7-9-20-16(15(13)18)21-11-12-3-5-14(17)6-4-12/h3-7,9,19H,2,8,10-11H2,1H3. The lowest BCUT2D eigenvalue weighted by molar-refractivity contribution is 0.276. The lowest BCUT2D eigenvalue weighted by atomic mass is 10.2. The molecule has 1 heterocycles. The fourth-order valence-corrected chi connectivity index (χ4v) is 2.10. The van der Waals surface area contributed by atoms with E-state index in [1.165, 1.54) is 0 Å². The molecule has 0 atom stereocenters. The maximum absolute atomic E-state index is 14.2. The van der Waals surface area contributed by atoms with Crippen molar-refractivity contribution >= 4 is 15.9 Å². The van der Waals surface area contributed by atoms with E-state index in [2.05, 4.69) is 33.2 Å². The molecule has 21 heavy (non-hydrogen) atoms. The molecule has 0 bridgehead atoms. The molecule has 112 valence electrons. The maximum atomic E-state index is 14.2. The normalized spacial score (nSPS) is 10.6. The number of pyridine rings is 1. The lowest BCUT2D eigenvalue weighted by Crippen LogP contribution is -2.15. The number of nitrogens with one attached hydrogen (secondary N) is 1. The monoisotopic (exact) mass is 352 g/mol. The van der Waals surface area contributed by atoms with Gasteiger partial charge in [0.05, 0.1) is 0 Å². The van der Waals surface area contributed by atoms with Crippen molar-refractivity contribution in [3.05, 3.63) is 57.9 Å². The van der Waals surface area contributed by atoms with Crippen molar-refractivity contribution in [2.24, 2.45) is 0 Å². The van der Waals surface area contributed by atoms with Crippen molar-refractivity contribution < 1.29 is 9.13 Å². The van der Waals surface area contributed by atoms with Crippen molar-refractivity contribution in [3.8, 4) is 5.88 Å². The fraction of sp³-hybridized carbons (Fsp3) is 0.312. The molecular formula is C16H18BrFN2O. The Hall–Kier alpha value is -1.46. The Labute approximate surface area is 132 Å². The van der Waals surface area contributed by atoms with E-state index in [1.807, 2.05) is 24.3 Å². The molecule has 0 unspecified atom stereocenters. The minimum absolute atomic E-state index is 0.0497. The molecule has 0 aliphatic carbocycles. The number of hydrogen-bond acceptors (Lipinski definition) is 3. The van der Waals surface area contributed by atoms with Crippen LogP contribution in [-0.4, -0.2) is 11.5 Å². The van der Waals surface area contributed by atoms with Crippen LogP contribution in [0.15, 0.2) is 41.0 Å². The summed E-state index contributed by atoms with van der Waals surface area (Å²) in [5.74, 6) is -0.341. The van der Waals surface area contributed by atoms with Gasteiger partial charge in [0.1, 0.15) is 6.61 Å².